The highest BCUT2D eigenvalue weighted by molar-refractivity contribution is 5.70. The maximum absolute atomic E-state index is 13.1. The summed E-state index contributed by atoms with van der Waals surface area (Å²) < 4.78 is 14.2. The number of nitrogens with zero attached hydrogens (tertiary/aromatic N) is 4. The lowest BCUT2D eigenvalue weighted by Gasteiger charge is -2.00. The van der Waals surface area contributed by atoms with Gasteiger partial charge in [0.25, 0.3) is 0 Å². The third-order valence-electron chi connectivity index (χ3n) is 2.02. The summed E-state index contributed by atoms with van der Waals surface area (Å²) in [4.78, 5) is 20.1. The van der Waals surface area contributed by atoms with Crippen LogP contribution >= 0.6 is 0 Å². The molecule has 0 amide bonds. The van der Waals surface area contributed by atoms with E-state index in [0.717, 1.165) is 16.8 Å². The Labute approximate surface area is 93.6 Å². The fourth-order valence-electron chi connectivity index (χ4n) is 1.24. The van der Waals surface area contributed by atoms with Crippen LogP contribution in [0.1, 0.15) is 10.5 Å². The van der Waals surface area contributed by atoms with Gasteiger partial charge in [0.15, 0.2) is 6.29 Å². The molecule has 0 spiro atoms. The SMILES string of the molecule is O=Cc1cn(-c2ccc(F)c([N+](=O)[O-])c2)nn1. The Hall–Kier alpha value is -2.64. The van der Waals surface area contributed by atoms with Gasteiger partial charge in [-0.05, 0) is 12.1 Å². The van der Waals surface area contributed by atoms with E-state index >= 15 is 0 Å². The van der Waals surface area contributed by atoms with Gasteiger partial charge in [0.05, 0.1) is 16.8 Å². The van der Waals surface area contributed by atoms with Gasteiger partial charge in [-0.15, -0.1) is 5.10 Å². The van der Waals surface area contributed by atoms with Crippen LogP contribution in [0.5, 0.6) is 0 Å². The molecule has 0 bridgehead atoms. The van der Waals surface area contributed by atoms with Crippen molar-refractivity contribution in [2.75, 3.05) is 0 Å². The molecule has 1 aromatic carbocycles. The summed E-state index contributed by atoms with van der Waals surface area (Å²) in [6, 6.07) is 3.26. The van der Waals surface area contributed by atoms with Crippen molar-refractivity contribution in [3.8, 4) is 5.69 Å². The molecule has 0 N–H and O–H groups in total. The zero-order valence-corrected chi connectivity index (χ0v) is 8.28. The van der Waals surface area contributed by atoms with Gasteiger partial charge in [-0.1, -0.05) is 5.21 Å². The molecule has 0 fully saturated rings. The number of benzene rings is 1. The molecule has 0 radical (unpaired) electrons. The number of aromatic nitrogens is 3. The Bertz CT molecular complexity index is 596. The molecular formula is C9H5FN4O3. The average molecular weight is 236 g/mol. The number of carbonyl (C=O) groups is 1. The monoisotopic (exact) mass is 236 g/mol. The third kappa shape index (κ3) is 2.00. The quantitative estimate of drug-likeness (QED) is 0.452. The largest absolute Gasteiger partial charge is 0.306 e. The summed E-state index contributed by atoms with van der Waals surface area (Å²) in [5.41, 5.74) is -0.332. The second-order valence-corrected chi connectivity index (χ2v) is 3.10. The second kappa shape index (κ2) is 4.08. The standard InChI is InChI=1S/C9H5FN4O3/c10-8-2-1-7(3-9(8)14(16)17)13-4-6(5-15)11-12-13/h1-5H. The van der Waals surface area contributed by atoms with Crippen molar-refractivity contribution in [3.05, 3.63) is 46.0 Å². The summed E-state index contributed by atoms with van der Waals surface area (Å²) in [7, 11) is 0. The van der Waals surface area contributed by atoms with Gasteiger partial charge in [-0.2, -0.15) is 4.39 Å². The van der Waals surface area contributed by atoms with Crippen LogP contribution in [0.3, 0.4) is 0 Å². The van der Waals surface area contributed by atoms with Crippen molar-refractivity contribution in [2.24, 2.45) is 0 Å². The second-order valence-electron chi connectivity index (χ2n) is 3.10. The van der Waals surface area contributed by atoms with Gasteiger partial charge in [-0.3, -0.25) is 14.9 Å². The van der Waals surface area contributed by atoms with E-state index in [-0.39, 0.29) is 11.4 Å². The number of hydrogen-bond donors (Lipinski definition) is 0. The molecule has 0 saturated carbocycles. The van der Waals surface area contributed by atoms with E-state index in [4.69, 9.17) is 0 Å². The number of aldehydes is 1. The van der Waals surface area contributed by atoms with E-state index in [9.17, 15) is 19.3 Å². The number of nitro groups is 1. The molecule has 2 aromatic rings. The van der Waals surface area contributed by atoms with Crippen molar-refractivity contribution < 1.29 is 14.1 Å². The lowest BCUT2D eigenvalue weighted by molar-refractivity contribution is -0.387. The van der Waals surface area contributed by atoms with E-state index in [0.29, 0.717) is 6.29 Å². The molecular weight excluding hydrogens is 231 g/mol. The highest BCUT2D eigenvalue weighted by atomic mass is 19.1. The summed E-state index contributed by atoms with van der Waals surface area (Å²) in [6.45, 7) is 0. The Kier molecular flexibility index (Phi) is 2.61. The van der Waals surface area contributed by atoms with Crippen molar-refractivity contribution in [2.45, 2.75) is 0 Å². The maximum Gasteiger partial charge on any atom is 0.306 e. The molecule has 8 heteroatoms. The molecule has 0 atom stereocenters. The first-order chi connectivity index (χ1) is 8.11. The molecule has 86 valence electrons. The van der Waals surface area contributed by atoms with Crippen LogP contribution in [0.4, 0.5) is 10.1 Å². The number of rotatable bonds is 3. The summed E-state index contributed by atoms with van der Waals surface area (Å²) in [5, 5.41) is 17.6. The van der Waals surface area contributed by atoms with Crippen LogP contribution in [0, 0.1) is 15.9 Å². The number of hydrogen-bond acceptors (Lipinski definition) is 5. The van der Waals surface area contributed by atoms with Crippen LogP contribution in [0.2, 0.25) is 0 Å². The molecule has 0 aliphatic heterocycles. The number of halogens is 1. The lowest BCUT2D eigenvalue weighted by Crippen LogP contribution is -1.98. The van der Waals surface area contributed by atoms with Gasteiger partial charge in [0, 0.05) is 6.07 Å². The molecule has 0 aliphatic carbocycles. The van der Waals surface area contributed by atoms with Gasteiger partial charge < -0.3 is 0 Å². The highest BCUT2D eigenvalue weighted by Gasteiger charge is 2.15. The Morgan fingerprint density at radius 3 is 2.82 bits per heavy atom. The molecule has 2 rings (SSSR count). The van der Waals surface area contributed by atoms with Crippen LogP contribution in [0.25, 0.3) is 5.69 Å². The zero-order valence-electron chi connectivity index (χ0n) is 8.28. The van der Waals surface area contributed by atoms with Gasteiger partial charge in [0.2, 0.25) is 5.82 Å². The van der Waals surface area contributed by atoms with Gasteiger partial charge >= 0.3 is 5.69 Å². The predicted molar refractivity (Wildman–Crippen MR) is 53.4 cm³/mol. The first kappa shape index (κ1) is 10.9. The van der Waals surface area contributed by atoms with Crippen LogP contribution < -0.4 is 0 Å². The molecule has 0 unspecified atom stereocenters. The van der Waals surface area contributed by atoms with Crippen LogP contribution in [0.15, 0.2) is 24.4 Å². The van der Waals surface area contributed by atoms with Crippen LogP contribution in [-0.2, 0) is 0 Å². The predicted octanol–water partition coefficient (Wildman–Crippen LogP) is 1.13. The lowest BCUT2D eigenvalue weighted by atomic mass is 10.2. The topological polar surface area (TPSA) is 90.9 Å². The minimum absolute atomic E-state index is 0.0805. The van der Waals surface area contributed by atoms with Crippen molar-refractivity contribution >= 4 is 12.0 Å². The first-order valence-corrected chi connectivity index (χ1v) is 4.43. The van der Waals surface area contributed by atoms with Gasteiger partial charge in [-0.25, -0.2) is 4.68 Å². The number of nitro benzene ring substituents is 1. The summed E-state index contributed by atoms with van der Waals surface area (Å²) >= 11 is 0. The summed E-state index contributed by atoms with van der Waals surface area (Å²) in [6.07, 6.45) is 1.77. The minimum atomic E-state index is -0.936. The molecule has 17 heavy (non-hydrogen) atoms. The first-order valence-electron chi connectivity index (χ1n) is 4.43. The zero-order chi connectivity index (χ0) is 12.4. The van der Waals surface area contributed by atoms with Gasteiger partial charge in [0.1, 0.15) is 5.69 Å². The minimum Gasteiger partial charge on any atom is -0.296 e. The fourth-order valence-corrected chi connectivity index (χ4v) is 1.24. The van der Waals surface area contributed by atoms with Crippen molar-refractivity contribution in [1.82, 2.24) is 15.0 Å². The molecule has 1 aromatic heterocycles. The Morgan fingerprint density at radius 1 is 1.47 bits per heavy atom. The van der Waals surface area contributed by atoms with Crippen molar-refractivity contribution in [1.29, 1.82) is 0 Å². The van der Waals surface area contributed by atoms with E-state index in [1.807, 2.05) is 0 Å². The maximum atomic E-state index is 13.1. The van der Waals surface area contributed by atoms with E-state index < -0.39 is 16.4 Å². The average Bonchev–Trinajstić information content (AvgIpc) is 2.78. The third-order valence-corrected chi connectivity index (χ3v) is 2.02. The fraction of sp³-hybridized carbons (Fsp3) is 0. The Balaban J connectivity index is 2.49. The molecule has 0 saturated heterocycles. The normalized spacial score (nSPS) is 10.2. The Morgan fingerprint density at radius 2 is 2.24 bits per heavy atom. The van der Waals surface area contributed by atoms with E-state index in [2.05, 4.69) is 10.3 Å². The van der Waals surface area contributed by atoms with E-state index in [1.54, 1.807) is 0 Å². The number of carbonyl (C=O) groups excluding carboxylic acids is 1. The van der Waals surface area contributed by atoms with E-state index in [1.165, 1.54) is 12.3 Å². The summed E-state index contributed by atoms with van der Waals surface area (Å²) in [5.74, 6) is -0.936. The smallest absolute Gasteiger partial charge is 0.296 e. The molecule has 0 aliphatic rings. The molecule has 1 heterocycles. The highest BCUT2D eigenvalue weighted by Crippen LogP contribution is 2.20. The van der Waals surface area contributed by atoms with Crippen molar-refractivity contribution in [3.63, 3.8) is 0 Å². The van der Waals surface area contributed by atoms with Crippen LogP contribution in [-0.4, -0.2) is 26.2 Å². The molecule has 7 nitrogen and oxygen atoms in total.